The predicted octanol–water partition coefficient (Wildman–Crippen LogP) is 3.67. The van der Waals surface area contributed by atoms with Crippen molar-refractivity contribution in [2.45, 2.75) is 17.0 Å². The Labute approximate surface area is 115 Å². The van der Waals surface area contributed by atoms with Crippen LogP contribution in [-0.2, 0) is 0 Å². The molecular formula is C15H13N3S. The van der Waals surface area contributed by atoms with Crippen molar-refractivity contribution in [3.63, 3.8) is 0 Å². The summed E-state index contributed by atoms with van der Waals surface area (Å²) in [4.78, 5) is 9.73. The summed E-state index contributed by atoms with van der Waals surface area (Å²) in [6.45, 7) is 1.92. The molecule has 0 saturated heterocycles. The molecule has 0 atom stereocenters. The minimum Gasteiger partial charge on any atom is -0.384 e. The second kappa shape index (κ2) is 4.90. The van der Waals surface area contributed by atoms with Crippen LogP contribution in [0.2, 0.25) is 0 Å². The highest BCUT2D eigenvalue weighted by Crippen LogP contribution is 2.28. The van der Waals surface area contributed by atoms with Crippen LogP contribution in [0, 0.1) is 6.92 Å². The van der Waals surface area contributed by atoms with E-state index < -0.39 is 0 Å². The largest absolute Gasteiger partial charge is 0.384 e. The van der Waals surface area contributed by atoms with Crippen molar-refractivity contribution in [1.82, 2.24) is 9.97 Å². The van der Waals surface area contributed by atoms with E-state index in [1.807, 2.05) is 19.1 Å². The number of nitrogens with zero attached hydrogens (tertiary/aromatic N) is 2. The Bertz CT molecular complexity index is 720. The van der Waals surface area contributed by atoms with Gasteiger partial charge in [0.05, 0.1) is 0 Å². The maximum absolute atomic E-state index is 5.74. The van der Waals surface area contributed by atoms with Crippen LogP contribution in [0.4, 0.5) is 5.82 Å². The molecule has 0 spiro atoms. The highest BCUT2D eigenvalue weighted by molar-refractivity contribution is 7.99. The first-order chi connectivity index (χ1) is 9.20. The third kappa shape index (κ3) is 2.69. The van der Waals surface area contributed by atoms with E-state index in [0.29, 0.717) is 11.0 Å². The summed E-state index contributed by atoms with van der Waals surface area (Å²) < 4.78 is 0. The Hall–Kier alpha value is -2.07. The van der Waals surface area contributed by atoms with Gasteiger partial charge in [-0.3, -0.25) is 0 Å². The van der Waals surface area contributed by atoms with Crippen molar-refractivity contribution in [2.75, 3.05) is 5.73 Å². The molecule has 1 aromatic heterocycles. The lowest BCUT2D eigenvalue weighted by molar-refractivity contribution is 0.941. The van der Waals surface area contributed by atoms with E-state index in [9.17, 15) is 0 Å². The lowest BCUT2D eigenvalue weighted by atomic mass is 10.1. The molecule has 1 heterocycles. The molecular weight excluding hydrogens is 254 g/mol. The molecule has 0 saturated carbocycles. The van der Waals surface area contributed by atoms with Gasteiger partial charge in [0, 0.05) is 16.7 Å². The van der Waals surface area contributed by atoms with Crippen molar-refractivity contribution < 1.29 is 0 Å². The Morgan fingerprint density at radius 1 is 0.947 bits per heavy atom. The highest BCUT2D eigenvalue weighted by Gasteiger charge is 2.03. The number of benzene rings is 2. The van der Waals surface area contributed by atoms with Crippen molar-refractivity contribution in [1.29, 1.82) is 0 Å². The Morgan fingerprint density at radius 2 is 1.74 bits per heavy atom. The second-order valence-corrected chi connectivity index (χ2v) is 5.37. The van der Waals surface area contributed by atoms with Crippen LogP contribution in [0.25, 0.3) is 10.8 Å². The molecule has 2 aromatic carbocycles. The van der Waals surface area contributed by atoms with Crippen LogP contribution in [-0.4, -0.2) is 9.97 Å². The van der Waals surface area contributed by atoms with E-state index in [-0.39, 0.29) is 0 Å². The summed E-state index contributed by atoms with van der Waals surface area (Å²) in [7, 11) is 0. The Kier molecular flexibility index (Phi) is 3.09. The smallest absolute Gasteiger partial charge is 0.194 e. The summed E-state index contributed by atoms with van der Waals surface area (Å²) in [5.74, 6) is 0.510. The molecule has 19 heavy (non-hydrogen) atoms. The maximum Gasteiger partial charge on any atom is 0.194 e. The van der Waals surface area contributed by atoms with E-state index in [1.54, 1.807) is 6.07 Å². The van der Waals surface area contributed by atoms with E-state index >= 15 is 0 Å². The van der Waals surface area contributed by atoms with Crippen molar-refractivity contribution in [3.8, 4) is 0 Å². The van der Waals surface area contributed by atoms with E-state index in [2.05, 4.69) is 40.3 Å². The molecule has 0 aliphatic carbocycles. The molecule has 0 unspecified atom stereocenters. The molecule has 0 radical (unpaired) electrons. The Morgan fingerprint density at radius 3 is 2.53 bits per heavy atom. The van der Waals surface area contributed by atoms with Crippen LogP contribution in [0.5, 0.6) is 0 Å². The summed E-state index contributed by atoms with van der Waals surface area (Å²) in [6.07, 6.45) is 0. The lowest BCUT2D eigenvalue weighted by Crippen LogP contribution is -1.96. The molecule has 0 aliphatic heterocycles. The van der Waals surface area contributed by atoms with Gasteiger partial charge in [0.1, 0.15) is 5.82 Å². The van der Waals surface area contributed by atoms with E-state index in [1.165, 1.54) is 22.5 Å². The standard InChI is InChI=1S/C15H13N3S/c1-10-8-14(16)18-15(17-10)19-13-7-6-11-4-2-3-5-12(11)9-13/h2-9H,1H3,(H2,16,17,18). The van der Waals surface area contributed by atoms with Gasteiger partial charge in [-0.2, -0.15) is 0 Å². The molecule has 3 nitrogen and oxygen atoms in total. The van der Waals surface area contributed by atoms with Gasteiger partial charge in [-0.1, -0.05) is 30.3 Å². The lowest BCUT2D eigenvalue weighted by Gasteiger charge is -2.04. The predicted molar refractivity (Wildman–Crippen MR) is 79.3 cm³/mol. The minimum absolute atomic E-state index is 0.510. The van der Waals surface area contributed by atoms with Crippen LogP contribution >= 0.6 is 11.8 Å². The average Bonchev–Trinajstić information content (AvgIpc) is 2.37. The summed E-state index contributed by atoms with van der Waals surface area (Å²) in [5, 5.41) is 3.14. The topological polar surface area (TPSA) is 51.8 Å². The minimum atomic E-state index is 0.510. The summed E-state index contributed by atoms with van der Waals surface area (Å²) >= 11 is 1.53. The van der Waals surface area contributed by atoms with E-state index in [0.717, 1.165) is 10.6 Å². The normalized spacial score (nSPS) is 10.8. The zero-order valence-electron chi connectivity index (χ0n) is 10.5. The molecule has 94 valence electrons. The highest BCUT2D eigenvalue weighted by atomic mass is 32.2. The molecule has 2 N–H and O–H groups in total. The molecule has 0 aliphatic rings. The number of hydrogen-bond donors (Lipinski definition) is 1. The van der Waals surface area contributed by atoms with Gasteiger partial charge >= 0.3 is 0 Å². The van der Waals surface area contributed by atoms with Crippen molar-refractivity contribution in [3.05, 3.63) is 54.2 Å². The Balaban J connectivity index is 1.96. The number of rotatable bonds is 2. The first kappa shape index (κ1) is 12.0. The molecule has 3 aromatic rings. The number of aromatic nitrogens is 2. The van der Waals surface area contributed by atoms with Gasteiger partial charge < -0.3 is 5.73 Å². The molecule has 3 rings (SSSR count). The van der Waals surface area contributed by atoms with Gasteiger partial charge in [0.25, 0.3) is 0 Å². The SMILES string of the molecule is Cc1cc(N)nc(Sc2ccc3ccccc3c2)n1. The quantitative estimate of drug-likeness (QED) is 0.720. The fourth-order valence-electron chi connectivity index (χ4n) is 1.95. The van der Waals surface area contributed by atoms with Crippen molar-refractivity contribution >= 4 is 28.4 Å². The monoisotopic (exact) mass is 267 g/mol. The van der Waals surface area contributed by atoms with Crippen molar-refractivity contribution in [2.24, 2.45) is 0 Å². The summed E-state index contributed by atoms with van der Waals surface area (Å²) in [6, 6.07) is 16.4. The fourth-order valence-corrected chi connectivity index (χ4v) is 2.82. The van der Waals surface area contributed by atoms with Crippen LogP contribution in [0.3, 0.4) is 0 Å². The number of fused-ring (bicyclic) bond motifs is 1. The van der Waals surface area contributed by atoms with Crippen LogP contribution in [0.1, 0.15) is 5.69 Å². The van der Waals surface area contributed by atoms with Gasteiger partial charge in [0.15, 0.2) is 5.16 Å². The fraction of sp³-hybridized carbons (Fsp3) is 0.0667. The number of aryl methyl sites for hydroxylation is 1. The van der Waals surface area contributed by atoms with Gasteiger partial charge in [-0.05, 0) is 41.6 Å². The maximum atomic E-state index is 5.74. The first-order valence-corrected chi connectivity index (χ1v) is 6.80. The van der Waals surface area contributed by atoms with Crippen LogP contribution < -0.4 is 5.73 Å². The molecule has 0 amide bonds. The second-order valence-electron chi connectivity index (χ2n) is 4.33. The average molecular weight is 267 g/mol. The number of anilines is 1. The summed E-state index contributed by atoms with van der Waals surface area (Å²) in [5.41, 5.74) is 6.62. The molecule has 4 heteroatoms. The number of hydrogen-bond acceptors (Lipinski definition) is 4. The first-order valence-electron chi connectivity index (χ1n) is 5.98. The van der Waals surface area contributed by atoms with Gasteiger partial charge in [-0.15, -0.1) is 0 Å². The number of nitrogens with two attached hydrogens (primary N) is 1. The van der Waals surface area contributed by atoms with Crippen LogP contribution in [0.15, 0.2) is 58.6 Å². The third-order valence-corrected chi connectivity index (χ3v) is 3.64. The zero-order chi connectivity index (χ0) is 13.2. The molecule has 0 fully saturated rings. The number of nitrogen functional groups attached to an aromatic ring is 1. The third-order valence-electron chi connectivity index (χ3n) is 2.78. The zero-order valence-corrected chi connectivity index (χ0v) is 11.3. The van der Waals surface area contributed by atoms with Gasteiger partial charge in [-0.25, -0.2) is 9.97 Å². The van der Waals surface area contributed by atoms with E-state index in [4.69, 9.17) is 5.73 Å². The van der Waals surface area contributed by atoms with Gasteiger partial charge in [0.2, 0.25) is 0 Å². The molecule has 0 bridgehead atoms.